The molecule has 0 spiro atoms. The molecule has 0 aliphatic rings. The molecule has 2 aromatic heterocycles. The first kappa shape index (κ1) is 21.0. The van der Waals surface area contributed by atoms with Gasteiger partial charge in [-0.3, -0.25) is 4.98 Å². The molecule has 0 amide bonds. The van der Waals surface area contributed by atoms with E-state index in [1.54, 1.807) is 12.1 Å². The van der Waals surface area contributed by atoms with Crippen molar-refractivity contribution >= 4 is 45.5 Å². The first-order chi connectivity index (χ1) is 15.0. The number of nitrogens with zero attached hydrogens (tertiary/aromatic N) is 3. The molecule has 0 aliphatic heterocycles. The second-order valence-electron chi connectivity index (χ2n) is 6.91. The first-order valence-corrected chi connectivity index (χ1v) is 10.1. The van der Waals surface area contributed by atoms with Crippen LogP contribution in [0.4, 0.5) is 11.4 Å². The van der Waals surface area contributed by atoms with E-state index in [9.17, 15) is 10.4 Å². The van der Waals surface area contributed by atoms with Crippen LogP contribution in [-0.2, 0) is 13.7 Å². The van der Waals surface area contributed by atoms with Gasteiger partial charge in [0.15, 0.2) is 0 Å². The number of fused-ring (bicyclic) bond motifs is 1. The zero-order valence-electron chi connectivity index (χ0n) is 16.8. The normalized spacial score (nSPS) is 10.8. The molecule has 2 heterocycles. The van der Waals surface area contributed by atoms with E-state index in [4.69, 9.17) is 27.9 Å². The average molecular weight is 453 g/mol. The number of anilines is 2. The number of ether oxygens (including phenoxy) is 1. The summed E-state index contributed by atoms with van der Waals surface area (Å²) in [4.78, 5) is 4.47. The van der Waals surface area contributed by atoms with Crippen molar-refractivity contribution in [1.82, 2.24) is 9.55 Å². The molecule has 0 atom stereocenters. The zero-order valence-corrected chi connectivity index (χ0v) is 18.3. The quantitative estimate of drug-likeness (QED) is 0.407. The molecule has 8 heteroatoms. The number of benzene rings is 2. The van der Waals surface area contributed by atoms with E-state index in [2.05, 4.69) is 16.4 Å². The Morgan fingerprint density at radius 3 is 2.65 bits per heavy atom. The maximum absolute atomic E-state index is 9.63. The van der Waals surface area contributed by atoms with Gasteiger partial charge >= 0.3 is 0 Å². The smallest absolute Gasteiger partial charge is 0.139 e. The van der Waals surface area contributed by atoms with Gasteiger partial charge in [0.25, 0.3) is 0 Å². The Bertz CT molecular complexity index is 1340. The summed E-state index contributed by atoms with van der Waals surface area (Å²) in [5.74, 6) is 0.469. The first-order valence-electron chi connectivity index (χ1n) is 9.35. The van der Waals surface area contributed by atoms with Gasteiger partial charge in [-0.15, -0.1) is 0 Å². The SMILES string of the molecule is COc1cc(Nc2c(C#N)cnc3cc(-c4ccc(CO)n4C)ccc23)c(Cl)cc1Cl. The van der Waals surface area contributed by atoms with Gasteiger partial charge in [-0.25, -0.2) is 0 Å². The number of aromatic nitrogens is 2. The number of halogens is 2. The summed E-state index contributed by atoms with van der Waals surface area (Å²) in [5, 5.41) is 23.9. The Morgan fingerprint density at radius 2 is 1.97 bits per heavy atom. The van der Waals surface area contributed by atoms with Crippen LogP contribution in [-0.4, -0.2) is 21.8 Å². The molecule has 6 nitrogen and oxygen atoms in total. The highest BCUT2D eigenvalue weighted by molar-refractivity contribution is 6.37. The van der Waals surface area contributed by atoms with Crippen molar-refractivity contribution in [3.63, 3.8) is 0 Å². The van der Waals surface area contributed by atoms with Crippen molar-refractivity contribution in [2.24, 2.45) is 7.05 Å². The van der Waals surface area contributed by atoms with Gasteiger partial charge < -0.3 is 19.7 Å². The largest absolute Gasteiger partial charge is 0.495 e. The lowest BCUT2D eigenvalue weighted by Crippen LogP contribution is -2.00. The minimum Gasteiger partial charge on any atom is -0.495 e. The van der Waals surface area contributed by atoms with Crippen molar-refractivity contribution in [3.05, 3.63) is 70.0 Å². The van der Waals surface area contributed by atoms with Crippen molar-refractivity contribution < 1.29 is 9.84 Å². The number of rotatable bonds is 5. The molecule has 2 N–H and O–H groups in total. The van der Waals surface area contributed by atoms with Crippen LogP contribution in [0.2, 0.25) is 10.0 Å². The highest BCUT2D eigenvalue weighted by atomic mass is 35.5. The fourth-order valence-corrected chi connectivity index (χ4v) is 4.00. The molecule has 0 saturated carbocycles. The van der Waals surface area contributed by atoms with Gasteiger partial charge in [-0.1, -0.05) is 29.3 Å². The summed E-state index contributed by atoms with van der Waals surface area (Å²) in [6.07, 6.45) is 1.53. The number of hydrogen-bond donors (Lipinski definition) is 2. The number of nitriles is 1. The summed E-state index contributed by atoms with van der Waals surface area (Å²) >= 11 is 12.5. The fourth-order valence-electron chi connectivity index (χ4n) is 3.49. The molecule has 0 fully saturated rings. The molecule has 0 radical (unpaired) electrons. The predicted molar refractivity (Wildman–Crippen MR) is 123 cm³/mol. The third kappa shape index (κ3) is 3.79. The summed E-state index contributed by atoms with van der Waals surface area (Å²) in [5.41, 5.74) is 4.96. The van der Waals surface area contributed by atoms with Crippen LogP contribution >= 0.6 is 23.2 Å². The Hall–Kier alpha value is -3.24. The van der Waals surface area contributed by atoms with E-state index in [0.717, 1.165) is 22.3 Å². The molecular formula is C23H18Cl2N4O2. The molecule has 0 aliphatic carbocycles. The van der Waals surface area contributed by atoms with E-state index in [1.807, 2.05) is 41.9 Å². The topological polar surface area (TPSA) is 83.1 Å². The lowest BCUT2D eigenvalue weighted by atomic mass is 10.0. The van der Waals surface area contributed by atoms with Crippen molar-refractivity contribution in [2.75, 3.05) is 12.4 Å². The second kappa shape index (κ2) is 8.48. The second-order valence-corrected chi connectivity index (χ2v) is 7.72. The molecule has 4 aromatic rings. The van der Waals surface area contributed by atoms with Gasteiger partial charge in [0.2, 0.25) is 0 Å². The maximum atomic E-state index is 9.63. The number of methoxy groups -OCH3 is 1. The van der Waals surface area contributed by atoms with Gasteiger partial charge in [0.05, 0.1) is 46.2 Å². The van der Waals surface area contributed by atoms with Crippen LogP contribution < -0.4 is 10.1 Å². The molecule has 0 unspecified atom stereocenters. The monoisotopic (exact) mass is 452 g/mol. The van der Waals surface area contributed by atoms with Gasteiger partial charge in [-0.05, 0) is 30.3 Å². The van der Waals surface area contributed by atoms with Crippen LogP contribution in [0.5, 0.6) is 5.75 Å². The number of pyridine rings is 1. The number of aliphatic hydroxyl groups excluding tert-OH is 1. The molecule has 4 rings (SSSR count). The minimum absolute atomic E-state index is 0.0345. The van der Waals surface area contributed by atoms with Gasteiger partial charge in [0, 0.05) is 41.6 Å². The fraction of sp³-hybridized carbons (Fsp3) is 0.130. The van der Waals surface area contributed by atoms with Crippen molar-refractivity contribution in [1.29, 1.82) is 5.26 Å². The Kier molecular flexibility index (Phi) is 5.75. The van der Waals surface area contributed by atoms with Gasteiger partial charge in [0.1, 0.15) is 11.8 Å². The average Bonchev–Trinajstić information content (AvgIpc) is 3.15. The van der Waals surface area contributed by atoms with Crippen LogP contribution in [0.15, 0.2) is 48.7 Å². The van der Waals surface area contributed by atoms with Crippen molar-refractivity contribution in [2.45, 2.75) is 6.61 Å². The molecule has 2 aromatic carbocycles. The van der Waals surface area contributed by atoms with Crippen molar-refractivity contribution in [3.8, 4) is 23.1 Å². The van der Waals surface area contributed by atoms with Gasteiger partial charge in [-0.2, -0.15) is 5.26 Å². The summed E-state index contributed by atoms with van der Waals surface area (Å²) in [6, 6.07) is 15.1. The molecule has 156 valence electrons. The van der Waals surface area contributed by atoms with E-state index >= 15 is 0 Å². The zero-order chi connectivity index (χ0) is 22.1. The highest BCUT2D eigenvalue weighted by Gasteiger charge is 2.15. The van der Waals surface area contributed by atoms with Crippen LogP contribution in [0.1, 0.15) is 11.3 Å². The number of hydrogen-bond acceptors (Lipinski definition) is 5. The number of aliphatic hydroxyl groups is 1. The Labute approximate surface area is 189 Å². The number of nitrogens with one attached hydrogen (secondary N) is 1. The summed E-state index contributed by atoms with van der Waals surface area (Å²) < 4.78 is 7.22. The standard InChI is InChI=1S/C23H18Cl2N4O2/c1-29-15(12-30)4-6-21(29)13-3-5-16-19(7-13)27-11-14(10-26)23(16)28-20-9-22(31-2)18(25)8-17(20)24/h3-9,11,30H,12H2,1-2H3,(H,27,28). The lowest BCUT2D eigenvalue weighted by Gasteiger charge is -2.15. The Balaban J connectivity index is 1.84. The Morgan fingerprint density at radius 1 is 1.16 bits per heavy atom. The molecule has 0 bridgehead atoms. The van der Waals surface area contributed by atoms with E-state index in [-0.39, 0.29) is 6.61 Å². The molecule has 31 heavy (non-hydrogen) atoms. The maximum Gasteiger partial charge on any atom is 0.139 e. The van der Waals surface area contributed by atoms with E-state index in [1.165, 1.54) is 13.3 Å². The molecule has 0 saturated heterocycles. The third-order valence-corrected chi connectivity index (χ3v) is 5.78. The van der Waals surface area contributed by atoms with Crippen LogP contribution in [0.3, 0.4) is 0 Å². The third-order valence-electron chi connectivity index (χ3n) is 5.17. The van der Waals surface area contributed by atoms with Crippen LogP contribution in [0.25, 0.3) is 22.2 Å². The van der Waals surface area contributed by atoms with E-state index in [0.29, 0.717) is 38.2 Å². The summed E-state index contributed by atoms with van der Waals surface area (Å²) in [6.45, 7) is -0.0345. The van der Waals surface area contributed by atoms with Crippen LogP contribution in [0, 0.1) is 11.3 Å². The molecular weight excluding hydrogens is 435 g/mol. The lowest BCUT2D eigenvalue weighted by molar-refractivity contribution is 0.273. The summed E-state index contributed by atoms with van der Waals surface area (Å²) in [7, 11) is 3.43. The van der Waals surface area contributed by atoms with E-state index < -0.39 is 0 Å². The predicted octanol–water partition coefficient (Wildman–Crippen LogP) is 5.66. The highest BCUT2D eigenvalue weighted by Crippen LogP contribution is 2.38. The minimum atomic E-state index is -0.0345.